The summed E-state index contributed by atoms with van der Waals surface area (Å²) in [6, 6.07) is 0. The molecule has 0 unspecified atom stereocenters. The van der Waals surface area contributed by atoms with Crippen molar-refractivity contribution in [3.05, 3.63) is 0 Å². The summed E-state index contributed by atoms with van der Waals surface area (Å²) < 4.78 is 0. The molecule has 0 amide bonds. The van der Waals surface area contributed by atoms with Gasteiger partial charge in [0.2, 0.25) is 0 Å². The number of hydrazine groups is 1. The molecule has 0 saturated carbocycles. The standard InChI is InChI=1S/C3H8.H4N2.2H3N/c1-3-2;1-2;;/h3H2,1-2H3;1-2H2;2*1H3. The van der Waals surface area contributed by atoms with Gasteiger partial charge in [-0.3, -0.25) is 11.7 Å². The van der Waals surface area contributed by atoms with E-state index in [4.69, 9.17) is 0 Å². The smallest absolute Gasteiger partial charge is 0.0590 e. The molecule has 0 bridgehead atoms. The molecular formula is C3H18N4. The zero-order valence-corrected chi connectivity index (χ0v) is 5.28. The van der Waals surface area contributed by atoms with Crippen molar-refractivity contribution in [3.63, 3.8) is 0 Å². The third-order valence-corrected chi connectivity index (χ3v) is 0. The third kappa shape index (κ3) is 3360. The highest BCUT2D eigenvalue weighted by Crippen LogP contribution is 1.56. The van der Waals surface area contributed by atoms with Crippen molar-refractivity contribution < 1.29 is 0 Å². The molecule has 0 aromatic rings. The second kappa shape index (κ2) is 194. The first kappa shape index (κ1) is 28.9. The Morgan fingerprint density at radius 3 is 1.00 bits per heavy atom. The predicted octanol–water partition coefficient (Wildman–Crippen LogP) is 0.559. The monoisotopic (exact) mass is 110 g/mol. The van der Waals surface area contributed by atoms with Gasteiger partial charge in [0.1, 0.15) is 0 Å². The second-order valence-corrected chi connectivity index (χ2v) is 0.707. The van der Waals surface area contributed by atoms with E-state index in [2.05, 4.69) is 25.5 Å². The van der Waals surface area contributed by atoms with Crippen LogP contribution in [0.3, 0.4) is 0 Å². The quantitative estimate of drug-likeness (QED) is 0.269. The Bertz CT molecular complexity index is 6.90. The van der Waals surface area contributed by atoms with Gasteiger partial charge in [-0.05, 0) is 0 Å². The molecule has 0 radical (unpaired) electrons. The van der Waals surface area contributed by atoms with Crippen LogP contribution in [0.25, 0.3) is 0 Å². The third-order valence-electron chi connectivity index (χ3n) is 0. The Labute approximate surface area is 45.4 Å². The Balaban J connectivity index is -0.0000000105. The molecule has 4 heteroatoms. The van der Waals surface area contributed by atoms with E-state index in [-0.39, 0.29) is 12.3 Å². The summed E-state index contributed by atoms with van der Waals surface area (Å²) in [6.45, 7) is 4.25. The molecule has 0 atom stereocenters. The van der Waals surface area contributed by atoms with E-state index in [0.29, 0.717) is 0 Å². The molecule has 0 fully saturated rings. The van der Waals surface area contributed by atoms with E-state index in [9.17, 15) is 0 Å². The van der Waals surface area contributed by atoms with E-state index in [0.717, 1.165) is 0 Å². The Morgan fingerprint density at radius 2 is 1.00 bits per heavy atom. The van der Waals surface area contributed by atoms with E-state index in [1.54, 1.807) is 0 Å². The normalized spacial score (nSPS) is 3.43. The topological polar surface area (TPSA) is 122 Å². The lowest BCUT2D eigenvalue weighted by Crippen LogP contribution is -2.02. The highest BCUT2D eigenvalue weighted by molar-refractivity contribution is 3.92. The van der Waals surface area contributed by atoms with Crippen molar-refractivity contribution in [3.8, 4) is 0 Å². The molecule has 4 nitrogen and oxygen atoms in total. The van der Waals surface area contributed by atoms with Crippen molar-refractivity contribution in [2.45, 2.75) is 20.3 Å². The molecule has 0 aliphatic rings. The number of hydrogen-bond acceptors (Lipinski definition) is 4. The maximum absolute atomic E-state index is 4.00. The van der Waals surface area contributed by atoms with Crippen LogP contribution in [0.15, 0.2) is 0 Å². The SMILES string of the molecule is CCC.N.N.NN. The number of hydrogen-bond donors (Lipinski definition) is 4. The van der Waals surface area contributed by atoms with Crippen molar-refractivity contribution >= 4 is 0 Å². The van der Waals surface area contributed by atoms with Crippen LogP contribution < -0.4 is 24.0 Å². The van der Waals surface area contributed by atoms with Crippen LogP contribution in [0.2, 0.25) is 0 Å². The zero-order chi connectivity index (χ0) is 4.71. The van der Waals surface area contributed by atoms with Crippen molar-refractivity contribution in [1.82, 2.24) is 12.3 Å². The molecule has 0 heterocycles. The summed E-state index contributed by atoms with van der Waals surface area (Å²) in [5.41, 5.74) is 0. The summed E-state index contributed by atoms with van der Waals surface area (Å²) in [5.74, 6) is 8.00. The van der Waals surface area contributed by atoms with Crippen molar-refractivity contribution in [2.75, 3.05) is 0 Å². The Kier molecular flexibility index (Phi) is 801. The summed E-state index contributed by atoms with van der Waals surface area (Å²) in [6.07, 6.45) is 1.25. The van der Waals surface area contributed by atoms with E-state index in [1.165, 1.54) is 6.42 Å². The minimum Gasteiger partial charge on any atom is -0.344 e. The van der Waals surface area contributed by atoms with Crippen molar-refractivity contribution in [1.29, 1.82) is 0 Å². The van der Waals surface area contributed by atoms with Crippen LogP contribution in [-0.2, 0) is 0 Å². The summed E-state index contributed by atoms with van der Waals surface area (Å²) in [4.78, 5) is 0. The lowest BCUT2D eigenvalue weighted by Gasteiger charge is -1.48. The van der Waals surface area contributed by atoms with Crippen LogP contribution in [0.4, 0.5) is 0 Å². The summed E-state index contributed by atoms with van der Waals surface area (Å²) in [5, 5.41) is 0. The maximum atomic E-state index is 4.00. The number of rotatable bonds is 0. The fraction of sp³-hybridized carbons (Fsp3) is 1.00. The predicted molar refractivity (Wildman–Crippen MR) is 34.4 cm³/mol. The van der Waals surface area contributed by atoms with Gasteiger partial charge in [-0.25, -0.2) is 0 Å². The minimum atomic E-state index is 0. The van der Waals surface area contributed by atoms with Gasteiger partial charge in [0.15, 0.2) is 0 Å². The first-order valence-corrected chi connectivity index (χ1v) is 1.75. The van der Waals surface area contributed by atoms with Gasteiger partial charge < -0.3 is 12.3 Å². The van der Waals surface area contributed by atoms with Gasteiger partial charge >= 0.3 is 0 Å². The van der Waals surface area contributed by atoms with Crippen molar-refractivity contribution in [2.24, 2.45) is 11.7 Å². The van der Waals surface area contributed by atoms with Crippen LogP contribution in [0.1, 0.15) is 20.3 Å². The average molecular weight is 110 g/mol. The minimum absolute atomic E-state index is 0. The Morgan fingerprint density at radius 1 is 1.00 bits per heavy atom. The van der Waals surface area contributed by atoms with E-state index in [1.807, 2.05) is 0 Å². The molecule has 0 aromatic heterocycles. The maximum Gasteiger partial charge on any atom is -0.0590 e. The molecule has 10 N–H and O–H groups in total. The lowest BCUT2D eigenvalue weighted by atomic mass is 10.6. The average Bonchev–Trinajstić information content (AvgIpc) is 1.46. The molecule has 0 saturated heterocycles. The van der Waals surface area contributed by atoms with Gasteiger partial charge in [-0.2, -0.15) is 0 Å². The molecule has 0 rings (SSSR count). The first-order chi connectivity index (χ1) is 2.41. The van der Waals surface area contributed by atoms with Gasteiger partial charge in [-0.15, -0.1) is 0 Å². The molecule has 0 aromatic carbocycles. The zero-order valence-electron chi connectivity index (χ0n) is 5.28. The number of nitrogens with two attached hydrogens (primary N) is 2. The lowest BCUT2D eigenvalue weighted by molar-refractivity contribution is 1.09. The fourth-order valence-corrected chi connectivity index (χ4v) is 0. The van der Waals surface area contributed by atoms with Gasteiger partial charge in [0, 0.05) is 0 Å². The van der Waals surface area contributed by atoms with Crippen LogP contribution >= 0.6 is 0 Å². The van der Waals surface area contributed by atoms with Crippen LogP contribution in [0, 0.1) is 0 Å². The highest BCUT2D eigenvalue weighted by Gasteiger charge is 1.35. The molecular weight excluding hydrogens is 92.1 g/mol. The fourth-order valence-electron chi connectivity index (χ4n) is 0. The summed E-state index contributed by atoms with van der Waals surface area (Å²) in [7, 11) is 0. The van der Waals surface area contributed by atoms with Gasteiger partial charge in [0.05, 0.1) is 0 Å². The van der Waals surface area contributed by atoms with E-state index < -0.39 is 0 Å². The second-order valence-electron chi connectivity index (χ2n) is 0.707. The molecule has 0 aliphatic heterocycles. The van der Waals surface area contributed by atoms with Crippen LogP contribution in [-0.4, -0.2) is 0 Å². The van der Waals surface area contributed by atoms with Gasteiger partial charge in [-0.1, -0.05) is 20.3 Å². The molecule has 7 heavy (non-hydrogen) atoms. The molecule has 0 aliphatic carbocycles. The first-order valence-electron chi connectivity index (χ1n) is 1.75. The Hall–Kier alpha value is -0.160. The molecule has 50 valence electrons. The molecule has 0 spiro atoms. The largest absolute Gasteiger partial charge is 0.344 e. The van der Waals surface area contributed by atoms with Gasteiger partial charge in [0.25, 0.3) is 0 Å². The van der Waals surface area contributed by atoms with E-state index >= 15 is 0 Å². The van der Waals surface area contributed by atoms with Crippen LogP contribution in [0.5, 0.6) is 0 Å². The highest BCUT2D eigenvalue weighted by atomic mass is 15.0. The summed E-state index contributed by atoms with van der Waals surface area (Å²) >= 11 is 0.